The zero-order valence-electron chi connectivity index (χ0n) is 18.6. The number of carbonyl (C=O) groups is 1. The molecular formula is C26H32N4O2. The lowest BCUT2D eigenvalue weighted by molar-refractivity contribution is -0.136. The summed E-state index contributed by atoms with van der Waals surface area (Å²) in [7, 11) is 0. The van der Waals surface area contributed by atoms with Gasteiger partial charge in [0, 0.05) is 32.0 Å². The van der Waals surface area contributed by atoms with Gasteiger partial charge in [0.05, 0.1) is 16.9 Å². The molecule has 0 saturated carbocycles. The Morgan fingerprint density at radius 2 is 2.06 bits per heavy atom. The highest BCUT2D eigenvalue weighted by molar-refractivity contribution is 5.78. The van der Waals surface area contributed by atoms with Crippen LogP contribution in [0.2, 0.25) is 0 Å². The molecule has 1 aliphatic carbocycles. The average molecular weight is 433 g/mol. The number of piperidine rings is 3. The van der Waals surface area contributed by atoms with Crippen LogP contribution in [-0.2, 0) is 11.2 Å². The lowest BCUT2D eigenvalue weighted by atomic mass is 9.68. The first kappa shape index (κ1) is 20.2. The van der Waals surface area contributed by atoms with E-state index in [2.05, 4.69) is 25.8 Å². The first-order valence-electron chi connectivity index (χ1n) is 12.4. The number of nitrogens with one attached hydrogen (secondary N) is 1. The molecule has 0 spiro atoms. The molecule has 1 N–H and O–H groups in total. The zero-order valence-corrected chi connectivity index (χ0v) is 18.6. The molecule has 6 nitrogen and oxygen atoms in total. The van der Waals surface area contributed by atoms with Crippen molar-refractivity contribution >= 4 is 16.8 Å². The predicted octanol–water partition coefficient (Wildman–Crippen LogP) is 3.28. The highest BCUT2D eigenvalue weighted by Crippen LogP contribution is 2.45. The van der Waals surface area contributed by atoms with Gasteiger partial charge in [0.25, 0.3) is 5.56 Å². The summed E-state index contributed by atoms with van der Waals surface area (Å²) in [5.41, 5.74) is 2.09. The number of likely N-dealkylation sites (tertiary alicyclic amines) is 1. The molecule has 2 bridgehead atoms. The van der Waals surface area contributed by atoms with Crippen LogP contribution >= 0.6 is 0 Å². The molecule has 0 unspecified atom stereocenters. The molecule has 0 radical (unpaired) electrons. The smallest absolute Gasteiger partial charge is 0.258 e. The van der Waals surface area contributed by atoms with Gasteiger partial charge >= 0.3 is 0 Å². The Balaban J connectivity index is 1.20. The number of para-hydroxylation sites is 1. The van der Waals surface area contributed by atoms with Gasteiger partial charge in [-0.2, -0.15) is 0 Å². The third-order valence-corrected chi connectivity index (χ3v) is 8.22. The lowest BCUT2D eigenvalue weighted by Gasteiger charge is -2.54. The van der Waals surface area contributed by atoms with E-state index in [1.54, 1.807) is 6.07 Å². The third-order valence-electron chi connectivity index (χ3n) is 8.22. The van der Waals surface area contributed by atoms with Crippen LogP contribution in [0.5, 0.6) is 0 Å². The van der Waals surface area contributed by atoms with Crippen molar-refractivity contribution in [1.82, 2.24) is 19.8 Å². The topological polar surface area (TPSA) is 69.3 Å². The minimum atomic E-state index is -0.127. The summed E-state index contributed by atoms with van der Waals surface area (Å²) in [4.78, 5) is 38.1. The summed E-state index contributed by atoms with van der Waals surface area (Å²) < 4.78 is 0. The van der Waals surface area contributed by atoms with Gasteiger partial charge in [-0.25, -0.2) is 4.98 Å². The molecule has 4 heterocycles. The number of H-pyrrole nitrogens is 1. The van der Waals surface area contributed by atoms with Gasteiger partial charge in [0.2, 0.25) is 5.91 Å². The van der Waals surface area contributed by atoms with E-state index >= 15 is 0 Å². The number of aryl methyl sites for hydroxylation is 1. The van der Waals surface area contributed by atoms with Gasteiger partial charge in [-0.15, -0.1) is 0 Å². The number of hydrogen-bond acceptors (Lipinski definition) is 4. The minimum Gasteiger partial charge on any atom is -0.336 e. The predicted molar refractivity (Wildman–Crippen MR) is 124 cm³/mol. The van der Waals surface area contributed by atoms with Crippen molar-refractivity contribution in [1.29, 1.82) is 0 Å². The Kier molecular flexibility index (Phi) is 5.13. The van der Waals surface area contributed by atoms with E-state index < -0.39 is 0 Å². The molecule has 6 rings (SSSR count). The normalized spacial score (nSPS) is 29.9. The summed E-state index contributed by atoms with van der Waals surface area (Å²) in [6.07, 6.45) is 10.9. The van der Waals surface area contributed by atoms with E-state index in [9.17, 15) is 9.59 Å². The number of benzene rings is 1. The van der Waals surface area contributed by atoms with Gasteiger partial charge in [0.1, 0.15) is 5.82 Å². The first-order valence-corrected chi connectivity index (χ1v) is 12.4. The molecule has 2 aromatic rings. The molecule has 4 atom stereocenters. The van der Waals surface area contributed by atoms with E-state index in [-0.39, 0.29) is 17.5 Å². The molecule has 4 aliphatic rings. The van der Waals surface area contributed by atoms with Crippen molar-refractivity contribution in [3.63, 3.8) is 0 Å². The summed E-state index contributed by atoms with van der Waals surface area (Å²) in [5.74, 6) is 2.06. The maximum atomic E-state index is 13.4. The maximum absolute atomic E-state index is 13.4. The Morgan fingerprint density at radius 3 is 3.00 bits per heavy atom. The Bertz CT molecular complexity index is 1120. The van der Waals surface area contributed by atoms with Crippen LogP contribution in [0.3, 0.4) is 0 Å². The fourth-order valence-electron chi connectivity index (χ4n) is 6.88. The molecule has 3 aliphatic heterocycles. The molecule has 1 aromatic heterocycles. The zero-order chi connectivity index (χ0) is 21.7. The number of nitrogens with zero attached hydrogens (tertiary/aromatic N) is 3. The van der Waals surface area contributed by atoms with E-state index in [4.69, 9.17) is 0 Å². The number of amides is 1. The van der Waals surface area contributed by atoms with Crippen molar-refractivity contribution in [2.75, 3.05) is 19.6 Å². The van der Waals surface area contributed by atoms with Crippen molar-refractivity contribution < 1.29 is 4.79 Å². The lowest BCUT2D eigenvalue weighted by Crippen LogP contribution is -2.60. The second-order valence-corrected chi connectivity index (χ2v) is 10.1. The van der Waals surface area contributed by atoms with Crippen LogP contribution in [0.25, 0.3) is 10.9 Å². The molecule has 6 heteroatoms. The number of aromatic nitrogens is 2. The van der Waals surface area contributed by atoms with Crippen LogP contribution in [0.1, 0.15) is 50.8 Å². The average Bonchev–Trinajstić information content (AvgIpc) is 2.82. The number of carbonyl (C=O) groups excluding carboxylic acids is 1. The SMILES string of the molecule is O=C(CCc1nc2ccccc2c(=O)[nH]1)N1CCCC2=C[C@H]3C[C@@H](CN4CCCC[C@@H]34)[C@@H]21. The number of hydrogen-bond donors (Lipinski definition) is 1. The fourth-order valence-corrected chi connectivity index (χ4v) is 6.88. The van der Waals surface area contributed by atoms with Gasteiger partial charge < -0.3 is 9.88 Å². The molecule has 3 saturated heterocycles. The molecular weight excluding hydrogens is 400 g/mol. The summed E-state index contributed by atoms with van der Waals surface area (Å²) in [6.45, 7) is 3.22. The van der Waals surface area contributed by atoms with Crippen LogP contribution in [0.4, 0.5) is 0 Å². The van der Waals surface area contributed by atoms with Gasteiger partial charge in [-0.1, -0.05) is 30.2 Å². The molecule has 3 fully saturated rings. The van der Waals surface area contributed by atoms with Crippen molar-refractivity contribution in [2.24, 2.45) is 11.8 Å². The second-order valence-electron chi connectivity index (χ2n) is 10.1. The number of fused-ring (bicyclic) bond motifs is 7. The summed E-state index contributed by atoms with van der Waals surface area (Å²) >= 11 is 0. The summed E-state index contributed by atoms with van der Waals surface area (Å²) in [5, 5.41) is 0.596. The Hall–Kier alpha value is -2.47. The quantitative estimate of drug-likeness (QED) is 0.756. The maximum Gasteiger partial charge on any atom is 0.258 e. The van der Waals surface area contributed by atoms with Crippen LogP contribution in [0.15, 0.2) is 40.7 Å². The highest BCUT2D eigenvalue weighted by atomic mass is 16.2. The van der Waals surface area contributed by atoms with E-state index in [0.717, 1.165) is 32.0 Å². The van der Waals surface area contributed by atoms with Crippen LogP contribution in [-0.4, -0.2) is 57.4 Å². The number of rotatable bonds is 3. The monoisotopic (exact) mass is 432 g/mol. The van der Waals surface area contributed by atoms with Crippen molar-refractivity contribution in [3.05, 3.63) is 52.1 Å². The fraction of sp³-hybridized carbons (Fsp3) is 0.577. The standard InChI is InChI=1S/C26H32N4O2/c31-24(11-10-23-27-21-8-2-1-7-20(21)26(32)28-23)30-13-5-6-17-14-18-15-19(25(17)30)16-29-12-4-3-9-22(18)29/h1-2,7-8,14,18-19,22,25H,3-6,9-13,15-16H2,(H,27,28,32)/t18-,19-,22-,25+/m0/s1. The van der Waals surface area contributed by atoms with E-state index in [1.807, 2.05) is 18.2 Å². The minimum absolute atomic E-state index is 0.127. The van der Waals surface area contributed by atoms with E-state index in [0.29, 0.717) is 41.4 Å². The van der Waals surface area contributed by atoms with Crippen LogP contribution in [0, 0.1) is 11.8 Å². The van der Waals surface area contributed by atoms with E-state index in [1.165, 1.54) is 37.8 Å². The van der Waals surface area contributed by atoms with Gasteiger partial charge in [0.15, 0.2) is 0 Å². The van der Waals surface area contributed by atoms with Crippen molar-refractivity contribution in [3.8, 4) is 0 Å². The largest absolute Gasteiger partial charge is 0.336 e. The molecule has 32 heavy (non-hydrogen) atoms. The van der Waals surface area contributed by atoms with Crippen molar-refractivity contribution in [2.45, 2.75) is 63.5 Å². The third kappa shape index (κ3) is 3.49. The van der Waals surface area contributed by atoms with Crippen LogP contribution < -0.4 is 5.56 Å². The Morgan fingerprint density at radius 1 is 1.16 bits per heavy atom. The first-order chi connectivity index (χ1) is 15.7. The number of aromatic amines is 1. The highest BCUT2D eigenvalue weighted by Gasteiger charge is 2.46. The Labute approximate surface area is 188 Å². The van der Waals surface area contributed by atoms with Gasteiger partial charge in [-0.3, -0.25) is 14.5 Å². The molecule has 1 amide bonds. The van der Waals surface area contributed by atoms with Gasteiger partial charge in [-0.05, 0) is 62.6 Å². The second kappa shape index (κ2) is 8.14. The summed E-state index contributed by atoms with van der Waals surface area (Å²) in [6, 6.07) is 8.38. The molecule has 168 valence electrons. The molecule has 1 aromatic carbocycles.